The Morgan fingerprint density at radius 3 is 1.08 bits per heavy atom. The molecule has 24 heavy (non-hydrogen) atoms. The van der Waals surface area contributed by atoms with Gasteiger partial charge in [0.05, 0.1) is 26.4 Å². The number of hydrogen-bond acceptors (Lipinski definition) is 7. The molecule has 0 aliphatic heterocycles. The zero-order valence-electron chi connectivity index (χ0n) is 12.7. The summed E-state index contributed by atoms with van der Waals surface area (Å²) in [7, 11) is 0. The van der Waals surface area contributed by atoms with Gasteiger partial charge in [0.2, 0.25) is 0 Å². The quantitative estimate of drug-likeness (QED) is 0.418. The molecule has 2 aromatic carbocycles. The zero-order valence-corrected chi connectivity index (χ0v) is 12.7. The van der Waals surface area contributed by atoms with Crippen LogP contribution in [0.4, 0.5) is 0 Å². The molecule has 0 bridgehead atoms. The highest BCUT2D eigenvalue weighted by molar-refractivity contribution is 6.09. The van der Waals surface area contributed by atoms with E-state index in [-0.39, 0.29) is 44.9 Å². The van der Waals surface area contributed by atoms with Crippen LogP contribution in [0.2, 0.25) is 0 Å². The molecule has 7 nitrogen and oxygen atoms in total. The molecule has 0 aliphatic carbocycles. The van der Waals surface area contributed by atoms with Gasteiger partial charge in [-0.2, -0.15) is 0 Å². The van der Waals surface area contributed by atoms with Crippen LogP contribution >= 0.6 is 0 Å². The van der Waals surface area contributed by atoms with E-state index in [9.17, 15) is 35.4 Å². The highest BCUT2D eigenvalue weighted by atomic mass is 16.3. The summed E-state index contributed by atoms with van der Waals surface area (Å²) in [6, 6.07) is 5.17. The van der Waals surface area contributed by atoms with E-state index < -0.39 is 32.2 Å². The van der Waals surface area contributed by atoms with E-state index >= 15 is 0 Å². The number of phenols is 2. The van der Waals surface area contributed by atoms with Crippen LogP contribution in [0, 0.1) is 0 Å². The van der Waals surface area contributed by atoms with Gasteiger partial charge in [-0.05, 0) is 24.3 Å². The van der Waals surface area contributed by atoms with E-state index in [1.165, 1.54) is 24.3 Å². The van der Waals surface area contributed by atoms with Crippen molar-refractivity contribution in [2.45, 2.75) is 26.4 Å². The Morgan fingerprint density at radius 1 is 0.625 bits per heavy atom. The molecular weight excluding hydrogens is 316 g/mol. The van der Waals surface area contributed by atoms with Gasteiger partial charge in [-0.25, -0.2) is 0 Å². The van der Waals surface area contributed by atoms with Crippen molar-refractivity contribution in [3.63, 3.8) is 0 Å². The summed E-state index contributed by atoms with van der Waals surface area (Å²) >= 11 is 0. The van der Waals surface area contributed by atoms with Gasteiger partial charge >= 0.3 is 0 Å². The maximum absolute atomic E-state index is 12.7. The fourth-order valence-electron chi connectivity index (χ4n) is 2.43. The zero-order chi connectivity index (χ0) is 17.9. The molecule has 0 fully saturated rings. The van der Waals surface area contributed by atoms with Crippen molar-refractivity contribution >= 4 is 5.78 Å². The number of aliphatic hydroxyl groups is 4. The molecule has 2 aromatic rings. The highest BCUT2D eigenvalue weighted by Crippen LogP contribution is 2.29. The van der Waals surface area contributed by atoms with Gasteiger partial charge in [0.15, 0.2) is 5.78 Å². The fourth-order valence-corrected chi connectivity index (χ4v) is 2.43. The smallest absolute Gasteiger partial charge is 0.193 e. The number of benzene rings is 2. The van der Waals surface area contributed by atoms with Crippen molar-refractivity contribution < 1.29 is 35.4 Å². The van der Waals surface area contributed by atoms with Gasteiger partial charge in [-0.3, -0.25) is 4.79 Å². The second-order valence-electron chi connectivity index (χ2n) is 5.25. The Hall–Kier alpha value is -2.45. The molecule has 0 saturated carbocycles. The third-order valence-corrected chi connectivity index (χ3v) is 3.74. The van der Waals surface area contributed by atoms with Crippen molar-refractivity contribution in [3.05, 3.63) is 57.6 Å². The summed E-state index contributed by atoms with van der Waals surface area (Å²) in [5, 5.41) is 56.7. The Labute approximate surface area is 137 Å². The molecule has 0 saturated heterocycles. The second kappa shape index (κ2) is 7.41. The van der Waals surface area contributed by atoms with Gasteiger partial charge < -0.3 is 30.6 Å². The maximum Gasteiger partial charge on any atom is 0.193 e. The first-order valence-electron chi connectivity index (χ1n) is 7.14. The predicted molar refractivity (Wildman–Crippen MR) is 83.3 cm³/mol. The molecule has 2 rings (SSSR count). The van der Waals surface area contributed by atoms with Crippen LogP contribution in [0.15, 0.2) is 24.3 Å². The van der Waals surface area contributed by atoms with E-state index in [1.54, 1.807) is 0 Å². The number of aromatic hydroxyl groups is 2. The maximum atomic E-state index is 12.7. The van der Waals surface area contributed by atoms with Crippen molar-refractivity contribution in [2.75, 3.05) is 0 Å². The molecule has 0 spiro atoms. The van der Waals surface area contributed by atoms with Crippen LogP contribution in [-0.2, 0) is 26.4 Å². The van der Waals surface area contributed by atoms with E-state index in [0.29, 0.717) is 0 Å². The third kappa shape index (κ3) is 3.24. The van der Waals surface area contributed by atoms with Gasteiger partial charge in [0.1, 0.15) is 11.5 Å². The average Bonchev–Trinajstić information content (AvgIpc) is 2.61. The lowest BCUT2D eigenvalue weighted by Crippen LogP contribution is -2.06. The number of hydrogen-bond donors (Lipinski definition) is 6. The summed E-state index contributed by atoms with van der Waals surface area (Å²) < 4.78 is 0. The highest BCUT2D eigenvalue weighted by Gasteiger charge is 2.18. The summed E-state index contributed by atoms with van der Waals surface area (Å²) in [4.78, 5) is 12.7. The van der Waals surface area contributed by atoms with Crippen LogP contribution in [0.1, 0.15) is 38.2 Å². The standard InChI is InChI=1S/C17H18O7/c18-5-11-1-9(2-12(6-19)16(11)23)15(22)10-3-13(7-20)17(24)14(4-10)8-21/h1-4,18-21,23-24H,5-8H2. The van der Waals surface area contributed by atoms with Crippen LogP contribution in [0.3, 0.4) is 0 Å². The van der Waals surface area contributed by atoms with Crippen molar-refractivity contribution in [3.8, 4) is 11.5 Å². The molecule has 0 unspecified atom stereocenters. The summed E-state index contributed by atoms with van der Waals surface area (Å²) in [6.07, 6.45) is 0. The lowest BCUT2D eigenvalue weighted by Gasteiger charge is -2.12. The topological polar surface area (TPSA) is 138 Å². The van der Waals surface area contributed by atoms with Gasteiger partial charge in [-0.15, -0.1) is 0 Å². The monoisotopic (exact) mass is 334 g/mol. The minimum atomic E-state index is -0.515. The fraction of sp³-hybridized carbons (Fsp3) is 0.235. The number of carbonyl (C=O) groups is 1. The van der Waals surface area contributed by atoms with Crippen LogP contribution in [0.25, 0.3) is 0 Å². The first kappa shape index (κ1) is 17.9. The Bertz CT molecular complexity index is 654. The first-order valence-corrected chi connectivity index (χ1v) is 7.14. The normalized spacial score (nSPS) is 10.8. The molecule has 0 atom stereocenters. The Morgan fingerprint density at radius 2 is 0.875 bits per heavy atom. The third-order valence-electron chi connectivity index (χ3n) is 3.74. The SMILES string of the molecule is O=C(c1cc(CO)c(O)c(CO)c1)c1cc(CO)c(O)c(CO)c1. The minimum Gasteiger partial charge on any atom is -0.507 e. The summed E-state index contributed by atoms with van der Waals surface area (Å²) in [5.74, 6) is -1.08. The van der Waals surface area contributed by atoms with Crippen molar-refractivity contribution in [1.82, 2.24) is 0 Å². The number of carbonyl (C=O) groups excluding carboxylic acids is 1. The van der Waals surface area contributed by atoms with E-state index in [2.05, 4.69) is 0 Å². The molecule has 128 valence electrons. The van der Waals surface area contributed by atoms with Crippen LogP contribution < -0.4 is 0 Å². The molecule has 0 heterocycles. The van der Waals surface area contributed by atoms with Crippen LogP contribution in [-0.4, -0.2) is 36.4 Å². The van der Waals surface area contributed by atoms with Crippen molar-refractivity contribution in [2.24, 2.45) is 0 Å². The molecule has 0 amide bonds. The second-order valence-corrected chi connectivity index (χ2v) is 5.25. The lowest BCUT2D eigenvalue weighted by molar-refractivity contribution is 0.103. The lowest BCUT2D eigenvalue weighted by atomic mass is 9.95. The number of rotatable bonds is 6. The number of aliphatic hydroxyl groups excluding tert-OH is 4. The van der Waals surface area contributed by atoms with E-state index in [0.717, 1.165) is 0 Å². The summed E-state index contributed by atoms with van der Waals surface area (Å²) in [6.45, 7) is -2.06. The van der Waals surface area contributed by atoms with Gasteiger partial charge in [0, 0.05) is 33.4 Å². The molecule has 0 radical (unpaired) electrons. The minimum absolute atomic E-state index is 0.0911. The van der Waals surface area contributed by atoms with Gasteiger partial charge in [0.25, 0.3) is 0 Å². The van der Waals surface area contributed by atoms with Gasteiger partial charge in [-0.1, -0.05) is 0 Å². The molecule has 7 heteroatoms. The Kier molecular flexibility index (Phi) is 5.53. The Balaban J connectivity index is 2.57. The molecule has 0 aliphatic rings. The molecular formula is C17H18O7. The summed E-state index contributed by atoms with van der Waals surface area (Å²) in [5.41, 5.74) is 0.586. The predicted octanol–water partition coefficient (Wildman–Crippen LogP) is 0.298. The molecule has 0 aromatic heterocycles. The van der Waals surface area contributed by atoms with Crippen molar-refractivity contribution in [1.29, 1.82) is 0 Å². The average molecular weight is 334 g/mol. The van der Waals surface area contributed by atoms with Crippen LogP contribution in [0.5, 0.6) is 11.5 Å². The van der Waals surface area contributed by atoms with E-state index in [1.807, 2.05) is 0 Å². The first-order chi connectivity index (χ1) is 11.5. The molecule has 6 N–H and O–H groups in total. The largest absolute Gasteiger partial charge is 0.507 e. The number of ketones is 1. The van der Waals surface area contributed by atoms with E-state index in [4.69, 9.17) is 0 Å².